The lowest BCUT2D eigenvalue weighted by Gasteiger charge is -2.28. The highest BCUT2D eigenvalue weighted by Gasteiger charge is 2.45. The van der Waals surface area contributed by atoms with E-state index in [4.69, 9.17) is 5.73 Å². The first-order chi connectivity index (χ1) is 15.5. The molecule has 4 N–H and O–H groups in total. The zero-order valence-corrected chi connectivity index (χ0v) is 17.0. The molecule has 1 amide bonds. The van der Waals surface area contributed by atoms with Crippen molar-refractivity contribution in [2.24, 2.45) is 5.73 Å². The number of alkyl halides is 3. The van der Waals surface area contributed by atoms with Crippen molar-refractivity contribution in [3.8, 4) is 11.1 Å². The Kier molecular flexibility index (Phi) is 5.76. The van der Waals surface area contributed by atoms with Gasteiger partial charge in [0, 0.05) is 30.7 Å². The Hall–Kier alpha value is -3.58. The molecule has 0 spiro atoms. The van der Waals surface area contributed by atoms with Gasteiger partial charge in [0.05, 0.1) is 24.6 Å². The number of carbonyl (C=O) groups is 1. The van der Waals surface area contributed by atoms with Crippen molar-refractivity contribution in [1.82, 2.24) is 25.1 Å². The van der Waals surface area contributed by atoms with Crippen LogP contribution in [0.15, 0.2) is 49.2 Å². The van der Waals surface area contributed by atoms with Crippen LogP contribution in [0.3, 0.4) is 0 Å². The van der Waals surface area contributed by atoms with E-state index in [0.717, 1.165) is 10.7 Å². The van der Waals surface area contributed by atoms with Crippen molar-refractivity contribution in [2.75, 3.05) is 18.0 Å². The van der Waals surface area contributed by atoms with Gasteiger partial charge in [-0.2, -0.15) is 18.3 Å². The van der Waals surface area contributed by atoms with E-state index >= 15 is 0 Å². The summed E-state index contributed by atoms with van der Waals surface area (Å²) in [5.74, 6) is -1.28. The van der Waals surface area contributed by atoms with E-state index in [1.54, 1.807) is 0 Å². The third-order valence-corrected chi connectivity index (χ3v) is 5.18. The number of aliphatic hydroxyl groups excluding tert-OH is 1. The molecule has 3 heterocycles. The fourth-order valence-electron chi connectivity index (χ4n) is 3.57. The molecule has 0 aliphatic carbocycles. The van der Waals surface area contributed by atoms with E-state index in [2.05, 4.69) is 20.4 Å². The van der Waals surface area contributed by atoms with Gasteiger partial charge in [-0.05, 0) is 17.7 Å². The number of nitrogens with one attached hydrogen (secondary N) is 1. The molecular weight excluding hydrogens is 446 g/mol. The first-order valence-corrected chi connectivity index (χ1v) is 9.74. The fourth-order valence-corrected chi connectivity index (χ4v) is 3.57. The predicted octanol–water partition coefficient (Wildman–Crippen LogP) is 1.31. The number of halogens is 4. The summed E-state index contributed by atoms with van der Waals surface area (Å²) in [5, 5.41) is 16.7. The second kappa shape index (κ2) is 8.41. The van der Waals surface area contributed by atoms with Crippen molar-refractivity contribution in [3.63, 3.8) is 0 Å². The van der Waals surface area contributed by atoms with Crippen molar-refractivity contribution in [2.45, 2.75) is 24.5 Å². The van der Waals surface area contributed by atoms with Gasteiger partial charge in [0.25, 0.3) is 5.91 Å². The van der Waals surface area contributed by atoms with Gasteiger partial charge in [-0.1, -0.05) is 6.07 Å². The number of nitrogens with zero attached hydrogens (tertiary/aromatic N) is 5. The lowest BCUT2D eigenvalue weighted by Crippen LogP contribution is -2.63. The van der Waals surface area contributed by atoms with Crippen molar-refractivity contribution >= 4 is 11.6 Å². The van der Waals surface area contributed by atoms with Gasteiger partial charge in [-0.15, -0.1) is 0 Å². The highest BCUT2D eigenvalue weighted by Crippen LogP contribution is 2.31. The van der Waals surface area contributed by atoms with Gasteiger partial charge in [-0.25, -0.2) is 9.37 Å². The summed E-state index contributed by atoms with van der Waals surface area (Å²) in [6, 6.07) is 3.99. The van der Waals surface area contributed by atoms with Crippen LogP contribution >= 0.6 is 0 Å². The zero-order chi connectivity index (χ0) is 23.8. The maximum atomic E-state index is 14.6. The SMILES string of the molecule is N[C@@]1(NC(=O)c2cnccn2)CN(c2cc(-c3cnn(CC(F)(F)F)c3)ccc2F)C[C@H]1O. The number of hydrogen-bond donors (Lipinski definition) is 3. The Morgan fingerprint density at radius 2 is 2.06 bits per heavy atom. The van der Waals surface area contributed by atoms with Crippen molar-refractivity contribution < 1.29 is 27.5 Å². The van der Waals surface area contributed by atoms with E-state index in [-0.39, 0.29) is 24.5 Å². The number of carbonyl (C=O) groups excluding carboxylic acids is 1. The van der Waals surface area contributed by atoms with Gasteiger partial charge < -0.3 is 21.1 Å². The highest BCUT2D eigenvalue weighted by atomic mass is 19.4. The van der Waals surface area contributed by atoms with Gasteiger partial charge in [0.1, 0.15) is 29.8 Å². The number of amides is 1. The van der Waals surface area contributed by atoms with Crippen LogP contribution in [0.4, 0.5) is 23.2 Å². The van der Waals surface area contributed by atoms with Crippen LogP contribution in [0.1, 0.15) is 10.5 Å². The second-order valence-corrected chi connectivity index (χ2v) is 7.69. The number of β-amino-alcohol motifs (C(OH)–C–C–N with tert-alkyl or cyclic N) is 1. The summed E-state index contributed by atoms with van der Waals surface area (Å²) >= 11 is 0. The average molecular weight is 465 g/mol. The molecule has 3 aromatic rings. The first kappa shape index (κ1) is 22.6. The molecule has 1 fully saturated rings. The van der Waals surface area contributed by atoms with E-state index < -0.39 is 36.2 Å². The Balaban J connectivity index is 1.54. The van der Waals surface area contributed by atoms with E-state index in [1.807, 2.05) is 0 Å². The molecule has 174 valence electrons. The minimum Gasteiger partial charge on any atom is -0.387 e. The quantitative estimate of drug-likeness (QED) is 0.384. The number of hydrogen-bond acceptors (Lipinski definition) is 7. The van der Waals surface area contributed by atoms with Gasteiger partial charge in [-0.3, -0.25) is 14.5 Å². The Morgan fingerprint density at radius 1 is 1.27 bits per heavy atom. The summed E-state index contributed by atoms with van der Waals surface area (Å²) in [4.78, 5) is 21.5. The zero-order valence-electron chi connectivity index (χ0n) is 17.0. The lowest BCUT2D eigenvalue weighted by molar-refractivity contribution is -0.142. The van der Waals surface area contributed by atoms with Crippen LogP contribution in [0.5, 0.6) is 0 Å². The smallest absolute Gasteiger partial charge is 0.387 e. The normalized spacial score (nSPS) is 20.8. The van der Waals surface area contributed by atoms with Crippen molar-refractivity contribution in [3.05, 3.63) is 60.7 Å². The van der Waals surface area contributed by atoms with E-state index in [1.165, 1.54) is 48.0 Å². The topological polar surface area (TPSA) is 122 Å². The van der Waals surface area contributed by atoms with Crippen LogP contribution in [0, 0.1) is 5.82 Å². The predicted molar refractivity (Wildman–Crippen MR) is 108 cm³/mol. The summed E-state index contributed by atoms with van der Waals surface area (Å²) in [6.07, 6.45) is 0.740. The van der Waals surface area contributed by atoms with Gasteiger partial charge in [0.15, 0.2) is 0 Å². The highest BCUT2D eigenvalue weighted by molar-refractivity contribution is 5.92. The molecule has 1 aliphatic rings. The minimum atomic E-state index is -4.43. The molecule has 13 heteroatoms. The van der Waals surface area contributed by atoms with E-state index in [0.29, 0.717) is 11.1 Å². The van der Waals surface area contributed by atoms with Gasteiger partial charge in [0.2, 0.25) is 0 Å². The molecule has 33 heavy (non-hydrogen) atoms. The molecule has 4 rings (SSSR count). The average Bonchev–Trinajstić information content (AvgIpc) is 3.32. The standard InChI is InChI=1S/C20H19F4N7O2/c21-14-2-1-12(13-6-28-31(8-13)11-20(22,23)24)5-16(14)30-9-17(32)19(25,10-30)29-18(33)15-7-26-3-4-27-15/h1-8,17,32H,9-11,25H2,(H,29,33)/t17-,19-/m1/s1. The molecule has 0 radical (unpaired) electrons. The summed E-state index contributed by atoms with van der Waals surface area (Å²) in [7, 11) is 0. The number of anilines is 1. The monoisotopic (exact) mass is 465 g/mol. The lowest BCUT2D eigenvalue weighted by atomic mass is 10.1. The van der Waals surface area contributed by atoms with Crippen LogP contribution in [-0.4, -0.2) is 61.8 Å². The third-order valence-electron chi connectivity index (χ3n) is 5.18. The molecule has 9 nitrogen and oxygen atoms in total. The Labute approximate surface area is 184 Å². The summed E-state index contributed by atoms with van der Waals surface area (Å²) < 4.78 is 53.2. The Bertz CT molecular complexity index is 1150. The molecule has 0 saturated carbocycles. The number of nitrogens with two attached hydrogens (primary N) is 1. The molecule has 0 bridgehead atoms. The van der Waals surface area contributed by atoms with E-state index in [9.17, 15) is 27.5 Å². The molecule has 2 aromatic heterocycles. The van der Waals surface area contributed by atoms with Crippen LogP contribution in [-0.2, 0) is 6.54 Å². The molecule has 1 saturated heterocycles. The minimum absolute atomic E-state index is 0.00276. The summed E-state index contributed by atoms with van der Waals surface area (Å²) in [5.41, 5.74) is 5.46. The number of benzene rings is 1. The molecule has 1 aromatic carbocycles. The molecule has 1 aliphatic heterocycles. The number of rotatable bonds is 5. The largest absolute Gasteiger partial charge is 0.408 e. The molecule has 2 atom stereocenters. The maximum Gasteiger partial charge on any atom is 0.408 e. The first-order valence-electron chi connectivity index (χ1n) is 9.74. The molecular formula is C20H19F4N7O2. The van der Waals surface area contributed by atoms with Crippen molar-refractivity contribution in [1.29, 1.82) is 0 Å². The fraction of sp³-hybridized carbons (Fsp3) is 0.300. The summed E-state index contributed by atoms with van der Waals surface area (Å²) in [6.45, 7) is -1.47. The third kappa shape index (κ3) is 4.93. The molecule has 0 unspecified atom stereocenters. The second-order valence-electron chi connectivity index (χ2n) is 7.69. The van der Waals surface area contributed by atoms with Crippen LogP contribution in [0.25, 0.3) is 11.1 Å². The Morgan fingerprint density at radius 3 is 2.76 bits per heavy atom. The van der Waals surface area contributed by atoms with Crippen LogP contribution < -0.4 is 16.0 Å². The number of aliphatic hydroxyl groups is 1. The number of aromatic nitrogens is 4. The van der Waals surface area contributed by atoms with Crippen LogP contribution in [0.2, 0.25) is 0 Å². The maximum absolute atomic E-state index is 14.6. The van der Waals surface area contributed by atoms with Gasteiger partial charge >= 0.3 is 6.18 Å².